The number of ether oxygens (including phenoxy) is 2. The molecule has 1 N–H and O–H groups in total. The van der Waals surface area contributed by atoms with E-state index in [0.717, 1.165) is 5.56 Å². The number of hydrogen-bond donors (Lipinski definition) is 1. The Bertz CT molecular complexity index is 1180. The molecule has 4 aliphatic heterocycles. The number of nitrogens with zero attached hydrogens (tertiary/aromatic N) is 2. The minimum atomic E-state index is -1.41. The van der Waals surface area contributed by atoms with E-state index in [0.29, 0.717) is 17.1 Å². The van der Waals surface area contributed by atoms with E-state index in [-0.39, 0.29) is 37.5 Å². The van der Waals surface area contributed by atoms with Crippen molar-refractivity contribution in [1.29, 1.82) is 0 Å². The first-order valence-corrected chi connectivity index (χ1v) is 13.2. The molecule has 1 spiro atoms. The van der Waals surface area contributed by atoms with Gasteiger partial charge in [-0.05, 0) is 37.0 Å². The number of para-hydroxylation sites is 1. The minimum Gasteiger partial charge on any atom is -0.461 e. The topological polar surface area (TPSA) is 96.4 Å². The molecule has 4 aliphatic rings. The third kappa shape index (κ3) is 3.60. The molecule has 2 saturated heterocycles. The Morgan fingerprint density at radius 1 is 1.14 bits per heavy atom. The number of aryl methyl sites for hydroxylation is 1. The quantitative estimate of drug-likeness (QED) is 0.466. The number of fused-ring (bicyclic) bond motifs is 2. The lowest BCUT2D eigenvalue weighted by Gasteiger charge is -2.41. The highest BCUT2D eigenvalue weighted by molar-refractivity contribution is 6.34. The van der Waals surface area contributed by atoms with Gasteiger partial charge in [0.2, 0.25) is 5.91 Å². The second-order valence-electron chi connectivity index (χ2n) is 10.7. The van der Waals surface area contributed by atoms with Crippen molar-refractivity contribution in [3.05, 3.63) is 53.1 Å². The smallest absolute Gasteiger partial charge is 0.313 e. The van der Waals surface area contributed by atoms with Crippen LogP contribution in [0.3, 0.4) is 0 Å². The summed E-state index contributed by atoms with van der Waals surface area (Å²) in [6.45, 7) is 7.54. The number of halogens is 1. The molecule has 9 heteroatoms. The Balaban J connectivity index is 1.73. The Kier molecular flexibility index (Phi) is 6.49. The van der Waals surface area contributed by atoms with E-state index < -0.39 is 41.1 Å². The Morgan fingerprint density at radius 3 is 2.54 bits per heavy atom. The van der Waals surface area contributed by atoms with Crippen LogP contribution in [-0.4, -0.2) is 70.8 Å². The molecule has 1 aromatic rings. The van der Waals surface area contributed by atoms with Crippen LogP contribution in [0, 0.1) is 24.7 Å². The van der Waals surface area contributed by atoms with Crippen LogP contribution in [-0.2, 0) is 23.9 Å². The summed E-state index contributed by atoms with van der Waals surface area (Å²) in [7, 11) is 0. The van der Waals surface area contributed by atoms with Crippen LogP contribution in [0.2, 0.25) is 5.02 Å². The lowest BCUT2D eigenvalue weighted by molar-refractivity contribution is -0.159. The number of carbonyl (C=O) groups is 3. The largest absolute Gasteiger partial charge is 0.461 e. The van der Waals surface area contributed by atoms with Crippen LogP contribution in [0.5, 0.6) is 0 Å². The summed E-state index contributed by atoms with van der Waals surface area (Å²) in [4.78, 5) is 45.3. The van der Waals surface area contributed by atoms with E-state index in [1.807, 2.05) is 52.0 Å². The number of hydrogen-bond acceptors (Lipinski definition) is 6. The molecule has 1 aromatic carbocycles. The summed E-state index contributed by atoms with van der Waals surface area (Å²) in [6.07, 6.45) is 7.58. The zero-order valence-corrected chi connectivity index (χ0v) is 22.3. The van der Waals surface area contributed by atoms with Gasteiger partial charge in [-0.2, -0.15) is 0 Å². The Labute approximate surface area is 221 Å². The van der Waals surface area contributed by atoms with Gasteiger partial charge >= 0.3 is 5.97 Å². The van der Waals surface area contributed by atoms with Crippen molar-refractivity contribution in [3.63, 3.8) is 0 Å². The van der Waals surface area contributed by atoms with Crippen LogP contribution in [0.4, 0.5) is 5.69 Å². The molecule has 5 rings (SSSR count). The third-order valence-electron chi connectivity index (χ3n) is 8.41. The lowest BCUT2D eigenvalue weighted by Crippen LogP contribution is -2.60. The van der Waals surface area contributed by atoms with Crippen LogP contribution in [0.15, 0.2) is 42.5 Å². The van der Waals surface area contributed by atoms with Gasteiger partial charge in [-0.3, -0.25) is 14.4 Å². The molecular weight excluding hydrogens is 496 g/mol. The number of esters is 1. The first-order valence-electron chi connectivity index (χ1n) is 12.8. The van der Waals surface area contributed by atoms with Gasteiger partial charge in [-0.1, -0.05) is 62.7 Å². The molecule has 2 amide bonds. The SMILES string of the molecule is CC[C@@]12C=CCOC(=O)[C@@H]1[C@H]1C(=O)N([C@@H](CO)C(C)C)C3C(=O)N(c4c(C)cccc4Cl)CC=C[C@@]31O2. The van der Waals surface area contributed by atoms with E-state index in [9.17, 15) is 19.5 Å². The number of rotatable bonds is 5. The maximum atomic E-state index is 14.6. The molecule has 8 nitrogen and oxygen atoms in total. The number of carbonyl (C=O) groups excluding carboxylic acids is 3. The Morgan fingerprint density at radius 2 is 1.89 bits per heavy atom. The zero-order chi connectivity index (χ0) is 26.7. The van der Waals surface area contributed by atoms with Crippen molar-refractivity contribution in [3.8, 4) is 0 Å². The fourth-order valence-electron chi connectivity index (χ4n) is 6.68. The van der Waals surface area contributed by atoms with Crippen LogP contribution < -0.4 is 4.90 Å². The fraction of sp³-hybridized carbons (Fsp3) is 0.536. The predicted octanol–water partition coefficient (Wildman–Crippen LogP) is 3.04. The number of likely N-dealkylation sites (tertiary alicyclic amines) is 1. The van der Waals surface area contributed by atoms with E-state index in [1.54, 1.807) is 23.1 Å². The average molecular weight is 529 g/mol. The molecule has 198 valence electrons. The number of anilines is 1. The highest BCUT2D eigenvalue weighted by Crippen LogP contribution is 2.59. The van der Waals surface area contributed by atoms with Crippen LogP contribution in [0.1, 0.15) is 32.8 Å². The maximum Gasteiger partial charge on any atom is 0.313 e. The van der Waals surface area contributed by atoms with Gasteiger partial charge < -0.3 is 24.4 Å². The molecule has 0 aliphatic carbocycles. The number of aliphatic hydroxyl groups excluding tert-OH is 1. The number of benzene rings is 1. The van der Waals surface area contributed by atoms with Gasteiger partial charge in [-0.25, -0.2) is 0 Å². The van der Waals surface area contributed by atoms with E-state index in [1.165, 1.54) is 4.90 Å². The summed E-state index contributed by atoms with van der Waals surface area (Å²) >= 11 is 6.58. The normalized spacial score (nSPS) is 33.7. The first-order chi connectivity index (χ1) is 17.6. The maximum absolute atomic E-state index is 14.6. The number of amides is 2. The summed E-state index contributed by atoms with van der Waals surface area (Å²) in [5, 5.41) is 10.8. The molecule has 1 unspecified atom stereocenters. The summed E-state index contributed by atoms with van der Waals surface area (Å²) in [5.41, 5.74) is -1.13. The predicted molar refractivity (Wildman–Crippen MR) is 138 cm³/mol. The third-order valence-corrected chi connectivity index (χ3v) is 8.71. The van der Waals surface area contributed by atoms with Crippen molar-refractivity contribution in [2.24, 2.45) is 17.8 Å². The van der Waals surface area contributed by atoms with Gasteiger partial charge in [0.05, 0.1) is 29.3 Å². The van der Waals surface area contributed by atoms with Gasteiger partial charge in [0, 0.05) is 6.54 Å². The molecule has 6 atom stereocenters. The van der Waals surface area contributed by atoms with Crippen molar-refractivity contribution in [2.75, 3.05) is 24.7 Å². The molecule has 2 fully saturated rings. The Hall–Kier alpha value is -2.68. The van der Waals surface area contributed by atoms with Crippen molar-refractivity contribution >= 4 is 35.1 Å². The second kappa shape index (κ2) is 9.26. The van der Waals surface area contributed by atoms with Gasteiger partial charge in [0.15, 0.2) is 0 Å². The molecular formula is C28H33ClN2O6. The van der Waals surface area contributed by atoms with Crippen LogP contribution in [0.25, 0.3) is 0 Å². The van der Waals surface area contributed by atoms with Gasteiger partial charge in [-0.15, -0.1) is 0 Å². The van der Waals surface area contributed by atoms with Crippen LogP contribution >= 0.6 is 11.6 Å². The zero-order valence-electron chi connectivity index (χ0n) is 21.5. The second-order valence-corrected chi connectivity index (χ2v) is 11.1. The first kappa shape index (κ1) is 25.9. The number of cyclic esters (lactones) is 1. The van der Waals surface area contributed by atoms with Crippen molar-refractivity contribution in [1.82, 2.24) is 4.90 Å². The molecule has 4 heterocycles. The molecule has 0 bridgehead atoms. The average Bonchev–Trinajstić information content (AvgIpc) is 3.13. The molecule has 0 saturated carbocycles. The van der Waals surface area contributed by atoms with Gasteiger partial charge in [0.1, 0.15) is 29.8 Å². The van der Waals surface area contributed by atoms with Gasteiger partial charge in [0.25, 0.3) is 5.91 Å². The standard InChI is InChI=1S/C28H33ClN2O6/c1-5-27-11-8-14-36-26(35)21(27)20-24(33)31(19(15-32)16(2)3)23-25(34)30(13-7-12-28(20,23)37-27)22-17(4)9-6-10-18(22)29/h6-12,16,19-21,23,32H,5,13-15H2,1-4H3/t19-,20-,21-,23?,27+,28-/m0/s1. The molecule has 0 aromatic heterocycles. The number of aliphatic hydroxyl groups is 1. The lowest BCUT2D eigenvalue weighted by atomic mass is 9.73. The monoisotopic (exact) mass is 528 g/mol. The molecule has 37 heavy (non-hydrogen) atoms. The minimum absolute atomic E-state index is 0.0983. The highest BCUT2D eigenvalue weighted by Gasteiger charge is 2.76. The fourth-order valence-corrected chi connectivity index (χ4v) is 7.00. The van der Waals surface area contributed by atoms with Crippen molar-refractivity contribution < 1.29 is 29.0 Å². The highest BCUT2D eigenvalue weighted by atomic mass is 35.5. The van der Waals surface area contributed by atoms with Crippen molar-refractivity contribution in [2.45, 2.75) is 57.4 Å². The van der Waals surface area contributed by atoms with E-state index in [2.05, 4.69) is 0 Å². The van der Waals surface area contributed by atoms with E-state index in [4.69, 9.17) is 21.1 Å². The summed E-state index contributed by atoms with van der Waals surface area (Å²) in [6, 6.07) is 3.67. The summed E-state index contributed by atoms with van der Waals surface area (Å²) < 4.78 is 12.3. The summed E-state index contributed by atoms with van der Waals surface area (Å²) in [5.74, 6) is -3.33. The molecule has 0 radical (unpaired) electrons. The van der Waals surface area contributed by atoms with E-state index >= 15 is 0 Å².